The minimum atomic E-state index is -3.92. The van der Waals surface area contributed by atoms with Crippen LogP contribution in [0, 0.1) is 11.3 Å². The van der Waals surface area contributed by atoms with Crippen molar-refractivity contribution < 1.29 is 23.4 Å². The summed E-state index contributed by atoms with van der Waals surface area (Å²) in [4.78, 5) is 10.6. The van der Waals surface area contributed by atoms with Gasteiger partial charge in [-0.3, -0.25) is 4.79 Å². The fourth-order valence-corrected chi connectivity index (χ4v) is 2.68. The van der Waals surface area contributed by atoms with Gasteiger partial charge in [0.2, 0.25) is 10.0 Å². The van der Waals surface area contributed by atoms with E-state index in [1.54, 1.807) is 0 Å². The molecule has 0 aliphatic carbocycles. The van der Waals surface area contributed by atoms with Gasteiger partial charge >= 0.3 is 5.97 Å². The lowest BCUT2D eigenvalue weighted by Crippen LogP contribution is -2.43. The topological polar surface area (TPSA) is 127 Å². The van der Waals surface area contributed by atoms with Crippen LogP contribution in [0.15, 0.2) is 24.3 Å². The van der Waals surface area contributed by atoms with Crippen LogP contribution in [0.4, 0.5) is 0 Å². The van der Waals surface area contributed by atoms with Crippen molar-refractivity contribution in [1.82, 2.24) is 4.72 Å². The van der Waals surface area contributed by atoms with Crippen molar-refractivity contribution in [1.29, 1.82) is 5.26 Å². The highest BCUT2D eigenvalue weighted by atomic mass is 32.2. The molecule has 3 N–H and O–H groups in total. The Labute approximate surface area is 110 Å². The molecule has 0 spiro atoms. The molecule has 0 heterocycles. The molecule has 7 nitrogen and oxygen atoms in total. The molecule has 0 aliphatic heterocycles. The second-order valence-electron chi connectivity index (χ2n) is 3.76. The van der Waals surface area contributed by atoms with E-state index in [0.29, 0.717) is 11.1 Å². The Hall–Kier alpha value is -1.95. The number of aliphatic hydroxyl groups is 1. The minimum Gasteiger partial charge on any atom is -0.480 e. The van der Waals surface area contributed by atoms with E-state index in [4.69, 9.17) is 15.5 Å². The number of sulfonamides is 1. The van der Waals surface area contributed by atoms with Crippen molar-refractivity contribution in [3.05, 3.63) is 35.4 Å². The maximum Gasteiger partial charge on any atom is 0.324 e. The van der Waals surface area contributed by atoms with Crippen molar-refractivity contribution in [2.45, 2.75) is 11.8 Å². The third-order valence-corrected chi connectivity index (χ3v) is 3.57. The van der Waals surface area contributed by atoms with Gasteiger partial charge in [-0.1, -0.05) is 12.1 Å². The van der Waals surface area contributed by atoms with E-state index in [-0.39, 0.29) is 0 Å². The Balaban J connectivity index is 2.85. The minimum absolute atomic E-state index is 0.310. The number of nitrogens with zero attached hydrogens (tertiary/aromatic N) is 1. The smallest absolute Gasteiger partial charge is 0.324 e. The number of aliphatic hydroxyl groups excluding tert-OH is 1. The zero-order valence-corrected chi connectivity index (χ0v) is 10.6. The highest BCUT2D eigenvalue weighted by Gasteiger charge is 2.23. The number of hydrogen-bond donors (Lipinski definition) is 3. The van der Waals surface area contributed by atoms with Crippen molar-refractivity contribution in [3.63, 3.8) is 0 Å². The van der Waals surface area contributed by atoms with Gasteiger partial charge in [-0.2, -0.15) is 9.98 Å². The van der Waals surface area contributed by atoms with Crippen LogP contribution in [0.2, 0.25) is 0 Å². The molecule has 0 saturated carbocycles. The van der Waals surface area contributed by atoms with Gasteiger partial charge < -0.3 is 10.2 Å². The molecular weight excluding hydrogens is 272 g/mol. The number of carboxylic acids is 1. The second kappa shape index (κ2) is 6.29. The van der Waals surface area contributed by atoms with Crippen LogP contribution in [-0.4, -0.2) is 37.2 Å². The summed E-state index contributed by atoms with van der Waals surface area (Å²) in [6, 6.07) is 6.26. The van der Waals surface area contributed by atoms with Crippen molar-refractivity contribution in [2.75, 3.05) is 6.61 Å². The molecule has 1 atom stereocenters. The fourth-order valence-electron chi connectivity index (χ4n) is 1.37. The molecule has 0 radical (unpaired) electrons. The van der Waals surface area contributed by atoms with E-state index in [1.165, 1.54) is 24.3 Å². The van der Waals surface area contributed by atoms with Crippen LogP contribution in [0.25, 0.3) is 0 Å². The van der Waals surface area contributed by atoms with Crippen LogP contribution < -0.4 is 4.72 Å². The first kappa shape index (κ1) is 15.1. The Kier molecular flexibility index (Phi) is 5.00. The van der Waals surface area contributed by atoms with E-state index in [2.05, 4.69) is 0 Å². The molecule has 1 rings (SSSR count). The lowest BCUT2D eigenvalue weighted by molar-refractivity contribution is -0.139. The molecule has 0 bridgehead atoms. The quantitative estimate of drug-likeness (QED) is 0.641. The molecule has 19 heavy (non-hydrogen) atoms. The summed E-state index contributed by atoms with van der Waals surface area (Å²) in [6.45, 7) is -0.840. The Morgan fingerprint density at radius 2 is 2.16 bits per heavy atom. The van der Waals surface area contributed by atoms with Gasteiger partial charge in [0.05, 0.1) is 24.0 Å². The predicted octanol–water partition coefficient (Wildman–Crippen LogP) is -0.577. The molecule has 1 aromatic carbocycles. The third kappa shape index (κ3) is 4.67. The molecule has 8 heteroatoms. The van der Waals surface area contributed by atoms with E-state index >= 15 is 0 Å². The highest BCUT2D eigenvalue weighted by molar-refractivity contribution is 7.88. The maximum absolute atomic E-state index is 11.7. The molecular formula is C11H12N2O5S. The molecule has 0 saturated heterocycles. The standard InChI is InChI=1S/C11H12N2O5S/c12-5-8-2-1-3-9(4-8)7-19(17,18)13-10(6-14)11(15)16/h1-4,10,13-14H,6-7H2,(H,15,16)/t10-/m1/s1. The van der Waals surface area contributed by atoms with Crippen LogP contribution >= 0.6 is 0 Å². The van der Waals surface area contributed by atoms with E-state index in [1.807, 2.05) is 10.8 Å². The summed E-state index contributed by atoms with van der Waals surface area (Å²) in [7, 11) is -3.92. The molecule has 0 aromatic heterocycles. The maximum atomic E-state index is 11.7. The number of rotatable bonds is 6. The van der Waals surface area contributed by atoms with Gasteiger partial charge in [0.1, 0.15) is 6.04 Å². The summed E-state index contributed by atoms with van der Waals surface area (Å²) in [5.74, 6) is -1.93. The summed E-state index contributed by atoms with van der Waals surface area (Å²) in [6.07, 6.45) is 0. The average Bonchev–Trinajstić information content (AvgIpc) is 2.35. The summed E-state index contributed by atoms with van der Waals surface area (Å²) >= 11 is 0. The molecule has 0 unspecified atom stereocenters. The van der Waals surface area contributed by atoms with E-state index in [9.17, 15) is 13.2 Å². The fraction of sp³-hybridized carbons (Fsp3) is 0.273. The van der Waals surface area contributed by atoms with E-state index in [0.717, 1.165) is 0 Å². The van der Waals surface area contributed by atoms with Crippen LogP contribution in [0.1, 0.15) is 11.1 Å². The van der Waals surface area contributed by atoms with Crippen molar-refractivity contribution in [2.24, 2.45) is 0 Å². The Morgan fingerprint density at radius 1 is 1.47 bits per heavy atom. The summed E-state index contributed by atoms with van der Waals surface area (Å²) < 4.78 is 25.3. The summed E-state index contributed by atoms with van der Waals surface area (Å²) in [5.41, 5.74) is 0.665. The Morgan fingerprint density at radius 3 is 2.68 bits per heavy atom. The molecule has 0 amide bonds. The summed E-state index contributed by atoms with van der Waals surface area (Å²) in [5, 5.41) is 26.1. The van der Waals surface area contributed by atoms with E-state index < -0.39 is 34.4 Å². The zero-order valence-electron chi connectivity index (χ0n) is 9.78. The number of nitrogens with one attached hydrogen (secondary N) is 1. The van der Waals surface area contributed by atoms with Crippen molar-refractivity contribution >= 4 is 16.0 Å². The second-order valence-corrected chi connectivity index (χ2v) is 5.52. The SMILES string of the molecule is N#Cc1cccc(CS(=O)(=O)N[C@H](CO)C(=O)O)c1. The van der Waals surface area contributed by atoms with Gasteiger partial charge in [0, 0.05) is 0 Å². The van der Waals surface area contributed by atoms with Gasteiger partial charge in [-0.15, -0.1) is 0 Å². The lowest BCUT2D eigenvalue weighted by atomic mass is 10.2. The zero-order chi connectivity index (χ0) is 14.5. The first-order valence-corrected chi connectivity index (χ1v) is 6.86. The molecule has 102 valence electrons. The lowest BCUT2D eigenvalue weighted by Gasteiger charge is -2.12. The molecule has 0 fully saturated rings. The van der Waals surface area contributed by atoms with Crippen molar-refractivity contribution in [3.8, 4) is 6.07 Å². The first-order chi connectivity index (χ1) is 8.88. The number of aliphatic carboxylic acids is 1. The van der Waals surface area contributed by atoms with Crippen LogP contribution in [-0.2, 0) is 20.6 Å². The monoisotopic (exact) mass is 284 g/mol. The first-order valence-electron chi connectivity index (χ1n) is 5.20. The number of carboxylic acid groups (broad SMARTS) is 1. The average molecular weight is 284 g/mol. The van der Waals surface area contributed by atoms with Gasteiger partial charge in [0.25, 0.3) is 0 Å². The molecule has 1 aromatic rings. The van der Waals surface area contributed by atoms with Gasteiger partial charge in [0.15, 0.2) is 0 Å². The van der Waals surface area contributed by atoms with Gasteiger partial charge in [-0.05, 0) is 17.7 Å². The predicted molar refractivity (Wildman–Crippen MR) is 65.4 cm³/mol. The largest absolute Gasteiger partial charge is 0.480 e. The number of carbonyl (C=O) groups is 1. The highest BCUT2D eigenvalue weighted by Crippen LogP contribution is 2.08. The Bertz CT molecular complexity index is 606. The number of nitriles is 1. The number of benzene rings is 1. The normalized spacial score (nSPS) is 12.6. The van der Waals surface area contributed by atoms with Gasteiger partial charge in [-0.25, -0.2) is 8.42 Å². The molecule has 0 aliphatic rings. The number of hydrogen-bond acceptors (Lipinski definition) is 5. The third-order valence-electron chi connectivity index (χ3n) is 2.22. The van der Waals surface area contributed by atoms with Crippen LogP contribution in [0.5, 0.6) is 0 Å². The van der Waals surface area contributed by atoms with Crippen LogP contribution in [0.3, 0.4) is 0 Å².